The fourth-order valence-corrected chi connectivity index (χ4v) is 2.24. The normalized spacial score (nSPS) is 12.2. The molecule has 1 atom stereocenters. The Balaban J connectivity index is 2.41. The summed E-state index contributed by atoms with van der Waals surface area (Å²) >= 11 is 0. The van der Waals surface area contributed by atoms with Gasteiger partial charge in [0.2, 0.25) is 5.88 Å². The molecule has 0 aliphatic carbocycles. The van der Waals surface area contributed by atoms with Gasteiger partial charge in [-0.2, -0.15) is 0 Å². The summed E-state index contributed by atoms with van der Waals surface area (Å²) in [7, 11) is 1.59. The third-order valence-corrected chi connectivity index (χ3v) is 3.32. The molecule has 1 aromatic carbocycles. The number of aryl methyl sites for hydroxylation is 2. The molecule has 2 rings (SSSR count). The topological polar surface area (TPSA) is 47.0 Å². The maximum absolute atomic E-state index is 5.06. The maximum atomic E-state index is 5.06. The van der Waals surface area contributed by atoms with Gasteiger partial charge in [0.1, 0.15) is 0 Å². The van der Waals surface area contributed by atoms with Gasteiger partial charge < -0.3 is 10.1 Å². The highest BCUT2D eigenvalue weighted by molar-refractivity contribution is 5.37. The number of aromatic nitrogens is 2. The van der Waals surface area contributed by atoms with Gasteiger partial charge in [-0.1, -0.05) is 30.7 Å². The average molecular weight is 271 g/mol. The van der Waals surface area contributed by atoms with E-state index in [1.54, 1.807) is 7.11 Å². The zero-order valence-corrected chi connectivity index (χ0v) is 12.5. The molecule has 0 radical (unpaired) electrons. The summed E-state index contributed by atoms with van der Waals surface area (Å²) in [4.78, 5) is 0. The van der Waals surface area contributed by atoms with Crippen molar-refractivity contribution >= 4 is 0 Å². The van der Waals surface area contributed by atoms with Crippen LogP contribution >= 0.6 is 0 Å². The lowest BCUT2D eigenvalue weighted by Crippen LogP contribution is -2.24. The van der Waals surface area contributed by atoms with E-state index in [1.165, 1.54) is 16.7 Å². The Morgan fingerprint density at radius 2 is 1.95 bits per heavy atom. The van der Waals surface area contributed by atoms with Gasteiger partial charge in [-0.15, -0.1) is 10.2 Å². The first-order chi connectivity index (χ1) is 9.65. The molecule has 4 heteroatoms. The van der Waals surface area contributed by atoms with Gasteiger partial charge in [0, 0.05) is 6.07 Å². The Labute approximate surface area is 120 Å². The number of nitrogens with zero attached hydrogens (tertiary/aromatic N) is 2. The summed E-state index contributed by atoms with van der Waals surface area (Å²) in [5.74, 6) is 0.532. The number of nitrogens with one attached hydrogen (secondary N) is 1. The summed E-state index contributed by atoms with van der Waals surface area (Å²) in [5, 5.41) is 11.8. The van der Waals surface area contributed by atoms with Crippen molar-refractivity contribution in [2.75, 3.05) is 13.7 Å². The molecule has 0 saturated carbocycles. The Kier molecular flexibility index (Phi) is 4.69. The molecule has 1 N–H and O–H groups in total. The van der Waals surface area contributed by atoms with E-state index in [-0.39, 0.29) is 6.04 Å². The molecule has 4 nitrogen and oxygen atoms in total. The second kappa shape index (κ2) is 6.48. The zero-order chi connectivity index (χ0) is 14.5. The van der Waals surface area contributed by atoms with Crippen LogP contribution in [0.2, 0.25) is 0 Å². The van der Waals surface area contributed by atoms with E-state index >= 15 is 0 Å². The largest absolute Gasteiger partial charge is 0.480 e. The monoisotopic (exact) mass is 271 g/mol. The number of hydrogen-bond acceptors (Lipinski definition) is 4. The van der Waals surface area contributed by atoms with Crippen LogP contribution in [0.3, 0.4) is 0 Å². The number of rotatable bonds is 5. The third-order valence-electron chi connectivity index (χ3n) is 3.32. The quantitative estimate of drug-likeness (QED) is 0.908. The minimum Gasteiger partial charge on any atom is -0.480 e. The van der Waals surface area contributed by atoms with Crippen LogP contribution in [0.15, 0.2) is 30.3 Å². The highest BCUT2D eigenvalue weighted by Crippen LogP contribution is 2.24. The third kappa shape index (κ3) is 3.14. The van der Waals surface area contributed by atoms with E-state index in [9.17, 15) is 0 Å². The van der Waals surface area contributed by atoms with Crippen molar-refractivity contribution in [2.24, 2.45) is 0 Å². The first-order valence-electron chi connectivity index (χ1n) is 6.83. The molecular formula is C16H21N3O. The van der Waals surface area contributed by atoms with E-state index in [1.807, 2.05) is 12.1 Å². The second-order valence-electron chi connectivity index (χ2n) is 4.85. The molecule has 2 aromatic rings. The standard InChI is InChI=1S/C16H21N3O/c1-5-17-16(13-10-11(2)6-7-12(13)3)14-8-9-15(20-4)19-18-14/h6-10,16-17H,5H2,1-4H3. The highest BCUT2D eigenvalue weighted by atomic mass is 16.5. The molecule has 0 saturated heterocycles. The van der Waals surface area contributed by atoms with Crippen LogP contribution in [0.25, 0.3) is 0 Å². The van der Waals surface area contributed by atoms with E-state index < -0.39 is 0 Å². The van der Waals surface area contributed by atoms with Crippen molar-refractivity contribution in [3.8, 4) is 5.88 Å². The van der Waals surface area contributed by atoms with Crippen LogP contribution in [0.4, 0.5) is 0 Å². The lowest BCUT2D eigenvalue weighted by Gasteiger charge is -2.20. The summed E-state index contributed by atoms with van der Waals surface area (Å²) < 4.78 is 5.06. The fourth-order valence-electron chi connectivity index (χ4n) is 2.24. The fraction of sp³-hybridized carbons (Fsp3) is 0.375. The predicted molar refractivity (Wildman–Crippen MR) is 80.0 cm³/mol. The molecule has 106 valence electrons. The van der Waals surface area contributed by atoms with Gasteiger partial charge in [-0.05, 0) is 37.6 Å². The highest BCUT2D eigenvalue weighted by Gasteiger charge is 2.17. The van der Waals surface area contributed by atoms with E-state index in [4.69, 9.17) is 4.74 Å². The van der Waals surface area contributed by atoms with Crippen LogP contribution in [-0.4, -0.2) is 23.9 Å². The van der Waals surface area contributed by atoms with Crippen LogP contribution in [-0.2, 0) is 0 Å². The van der Waals surface area contributed by atoms with Crippen LogP contribution < -0.4 is 10.1 Å². The summed E-state index contributed by atoms with van der Waals surface area (Å²) in [5.41, 5.74) is 4.64. The molecule has 0 spiro atoms. The minimum absolute atomic E-state index is 0.0540. The van der Waals surface area contributed by atoms with Crippen LogP contribution in [0.1, 0.15) is 35.3 Å². The first kappa shape index (κ1) is 14.5. The molecule has 20 heavy (non-hydrogen) atoms. The maximum Gasteiger partial charge on any atom is 0.233 e. The Bertz CT molecular complexity index is 566. The predicted octanol–water partition coefficient (Wildman–Crippen LogP) is 2.80. The Morgan fingerprint density at radius 3 is 2.55 bits per heavy atom. The smallest absolute Gasteiger partial charge is 0.233 e. The van der Waals surface area contributed by atoms with Crippen molar-refractivity contribution in [1.82, 2.24) is 15.5 Å². The molecule has 0 aliphatic heterocycles. The van der Waals surface area contributed by atoms with Crippen LogP contribution in [0, 0.1) is 13.8 Å². The molecule has 0 aliphatic rings. The van der Waals surface area contributed by atoms with Crippen molar-refractivity contribution in [1.29, 1.82) is 0 Å². The van der Waals surface area contributed by atoms with Crippen molar-refractivity contribution < 1.29 is 4.74 Å². The molecule has 0 fully saturated rings. The van der Waals surface area contributed by atoms with Gasteiger partial charge >= 0.3 is 0 Å². The molecule has 1 aromatic heterocycles. The van der Waals surface area contributed by atoms with E-state index in [0.717, 1.165) is 12.2 Å². The second-order valence-corrected chi connectivity index (χ2v) is 4.85. The summed E-state index contributed by atoms with van der Waals surface area (Å²) in [6.45, 7) is 7.18. The SMILES string of the molecule is CCNC(c1ccc(OC)nn1)c1cc(C)ccc1C. The van der Waals surface area contributed by atoms with E-state index in [0.29, 0.717) is 5.88 Å². The van der Waals surface area contributed by atoms with Gasteiger partial charge in [-0.25, -0.2) is 0 Å². The lowest BCUT2D eigenvalue weighted by atomic mass is 9.96. The minimum atomic E-state index is 0.0540. The average Bonchev–Trinajstić information content (AvgIpc) is 2.48. The number of ether oxygens (including phenoxy) is 1. The van der Waals surface area contributed by atoms with Gasteiger partial charge in [0.15, 0.2) is 0 Å². The van der Waals surface area contributed by atoms with Crippen molar-refractivity contribution in [2.45, 2.75) is 26.8 Å². The summed E-state index contributed by atoms with van der Waals surface area (Å²) in [6.07, 6.45) is 0. The Hall–Kier alpha value is -1.94. The number of methoxy groups -OCH3 is 1. The zero-order valence-electron chi connectivity index (χ0n) is 12.5. The van der Waals surface area contributed by atoms with E-state index in [2.05, 4.69) is 54.5 Å². The van der Waals surface area contributed by atoms with Crippen molar-refractivity contribution in [3.63, 3.8) is 0 Å². The van der Waals surface area contributed by atoms with Crippen LogP contribution in [0.5, 0.6) is 5.88 Å². The molecule has 1 heterocycles. The first-order valence-corrected chi connectivity index (χ1v) is 6.83. The lowest BCUT2D eigenvalue weighted by molar-refractivity contribution is 0.390. The van der Waals surface area contributed by atoms with Crippen molar-refractivity contribution in [3.05, 3.63) is 52.7 Å². The number of hydrogen-bond donors (Lipinski definition) is 1. The molecular weight excluding hydrogens is 250 g/mol. The van der Waals surface area contributed by atoms with Gasteiger partial charge in [-0.3, -0.25) is 0 Å². The van der Waals surface area contributed by atoms with Gasteiger partial charge in [0.05, 0.1) is 18.8 Å². The molecule has 0 bridgehead atoms. The van der Waals surface area contributed by atoms with Gasteiger partial charge in [0.25, 0.3) is 0 Å². The number of benzene rings is 1. The molecule has 0 amide bonds. The summed E-state index contributed by atoms with van der Waals surface area (Å²) in [6, 6.07) is 10.3. The Morgan fingerprint density at radius 1 is 1.15 bits per heavy atom. The molecule has 1 unspecified atom stereocenters.